The lowest BCUT2D eigenvalue weighted by molar-refractivity contribution is 0.563. The second kappa shape index (κ2) is 5.25. The number of fused-ring (bicyclic) bond motifs is 1. The molecule has 5 heteroatoms. The molecule has 0 saturated heterocycles. The van der Waals surface area contributed by atoms with Gasteiger partial charge in [0, 0.05) is 10.8 Å². The number of aromatic nitrogens is 2. The topological polar surface area (TPSA) is 38.9 Å². The van der Waals surface area contributed by atoms with Crippen LogP contribution in [0.1, 0.15) is 26.5 Å². The molecular formula is C16H14ClIN2O. The lowest BCUT2D eigenvalue weighted by Gasteiger charge is -2.20. The Morgan fingerprint density at radius 1 is 1.14 bits per heavy atom. The van der Waals surface area contributed by atoms with Gasteiger partial charge in [-0.2, -0.15) is 0 Å². The third kappa shape index (κ3) is 2.66. The van der Waals surface area contributed by atoms with Crippen molar-refractivity contribution in [2.24, 2.45) is 0 Å². The standard InChI is InChI=1S/C16H14ClIN2O/c1-16(2,3)13-12(18)14(17)20-15(19-13)10-8-21-11-7-5-4-6-9(10)11/h4-8H,1-3H3. The SMILES string of the molecule is CC(C)(C)c1nc(-c2coc3ccccc23)nc(Cl)c1I. The van der Waals surface area contributed by atoms with Crippen LogP contribution < -0.4 is 0 Å². The van der Waals surface area contributed by atoms with Gasteiger partial charge in [-0.1, -0.05) is 50.6 Å². The Kier molecular flexibility index (Phi) is 3.69. The van der Waals surface area contributed by atoms with Crippen LogP contribution in [0, 0.1) is 3.57 Å². The predicted octanol–water partition coefficient (Wildman–Crippen LogP) is 5.45. The van der Waals surface area contributed by atoms with Gasteiger partial charge in [0.2, 0.25) is 0 Å². The highest BCUT2D eigenvalue weighted by Gasteiger charge is 2.24. The summed E-state index contributed by atoms with van der Waals surface area (Å²) in [5.74, 6) is 0.607. The summed E-state index contributed by atoms with van der Waals surface area (Å²) in [5, 5.41) is 1.48. The van der Waals surface area contributed by atoms with Crippen LogP contribution in [-0.2, 0) is 5.41 Å². The molecule has 0 saturated carbocycles. The molecule has 0 unspecified atom stereocenters. The molecule has 3 aromatic rings. The molecule has 1 aromatic carbocycles. The zero-order chi connectivity index (χ0) is 15.2. The Bertz CT molecular complexity index is 821. The number of para-hydroxylation sites is 1. The first kappa shape index (κ1) is 14.8. The van der Waals surface area contributed by atoms with Gasteiger partial charge in [-0.05, 0) is 28.7 Å². The molecule has 0 fully saturated rings. The van der Waals surface area contributed by atoms with Crippen molar-refractivity contribution < 1.29 is 4.42 Å². The first-order chi connectivity index (χ1) is 9.88. The molecule has 108 valence electrons. The minimum atomic E-state index is -0.0998. The molecule has 0 N–H and O–H groups in total. The molecule has 0 aliphatic carbocycles. The van der Waals surface area contributed by atoms with Gasteiger partial charge in [-0.3, -0.25) is 0 Å². The van der Waals surface area contributed by atoms with Crippen LogP contribution in [0.2, 0.25) is 5.15 Å². The van der Waals surface area contributed by atoms with Crippen LogP contribution in [0.3, 0.4) is 0 Å². The van der Waals surface area contributed by atoms with Crippen molar-refractivity contribution in [1.29, 1.82) is 0 Å². The zero-order valence-corrected chi connectivity index (χ0v) is 14.9. The maximum absolute atomic E-state index is 6.30. The monoisotopic (exact) mass is 412 g/mol. The Balaban J connectivity index is 2.26. The zero-order valence-electron chi connectivity index (χ0n) is 11.9. The highest BCUT2D eigenvalue weighted by Crippen LogP contribution is 2.34. The molecule has 3 nitrogen and oxygen atoms in total. The van der Waals surface area contributed by atoms with E-state index in [4.69, 9.17) is 21.0 Å². The summed E-state index contributed by atoms with van der Waals surface area (Å²) < 4.78 is 6.48. The molecule has 0 radical (unpaired) electrons. The van der Waals surface area contributed by atoms with E-state index in [2.05, 4.69) is 48.3 Å². The van der Waals surface area contributed by atoms with Gasteiger partial charge in [-0.15, -0.1) is 0 Å². The molecule has 2 aromatic heterocycles. The molecule has 0 amide bonds. The second-order valence-corrected chi connectivity index (χ2v) is 7.33. The van der Waals surface area contributed by atoms with Gasteiger partial charge in [-0.25, -0.2) is 9.97 Å². The van der Waals surface area contributed by atoms with E-state index in [0.717, 1.165) is 25.8 Å². The second-order valence-electron chi connectivity index (χ2n) is 5.90. The van der Waals surface area contributed by atoms with Gasteiger partial charge in [0.25, 0.3) is 0 Å². The largest absolute Gasteiger partial charge is 0.464 e. The summed E-state index contributed by atoms with van der Waals surface area (Å²) in [7, 11) is 0. The average Bonchev–Trinajstić information content (AvgIpc) is 2.84. The van der Waals surface area contributed by atoms with E-state index in [1.807, 2.05) is 24.3 Å². The first-order valence-electron chi connectivity index (χ1n) is 6.58. The molecule has 3 rings (SSSR count). The smallest absolute Gasteiger partial charge is 0.165 e. The molecule has 0 atom stereocenters. The normalized spacial score (nSPS) is 12.0. The Labute approximate surface area is 141 Å². The summed E-state index contributed by atoms with van der Waals surface area (Å²) in [6.45, 7) is 6.35. The van der Waals surface area contributed by atoms with E-state index in [9.17, 15) is 0 Å². The number of nitrogens with zero attached hydrogens (tertiary/aromatic N) is 2. The number of hydrogen-bond acceptors (Lipinski definition) is 3. The summed E-state index contributed by atoms with van der Waals surface area (Å²) in [4.78, 5) is 9.16. The maximum atomic E-state index is 6.30. The average molecular weight is 413 g/mol. The minimum absolute atomic E-state index is 0.0998. The van der Waals surface area contributed by atoms with Crippen molar-refractivity contribution in [1.82, 2.24) is 9.97 Å². The molecule has 0 aliphatic rings. The van der Waals surface area contributed by atoms with E-state index >= 15 is 0 Å². The highest BCUT2D eigenvalue weighted by molar-refractivity contribution is 14.1. The van der Waals surface area contributed by atoms with Crippen molar-refractivity contribution >= 4 is 45.2 Å². The molecule has 0 spiro atoms. The van der Waals surface area contributed by atoms with Crippen molar-refractivity contribution in [3.05, 3.63) is 44.9 Å². The Hall–Kier alpha value is -1.14. The number of benzene rings is 1. The Morgan fingerprint density at radius 3 is 2.57 bits per heavy atom. The van der Waals surface area contributed by atoms with Crippen LogP contribution in [0.25, 0.3) is 22.4 Å². The van der Waals surface area contributed by atoms with Crippen LogP contribution in [0.15, 0.2) is 34.9 Å². The fourth-order valence-corrected chi connectivity index (χ4v) is 3.41. The van der Waals surface area contributed by atoms with Gasteiger partial charge in [0.15, 0.2) is 5.82 Å². The van der Waals surface area contributed by atoms with E-state index in [0.29, 0.717) is 11.0 Å². The highest BCUT2D eigenvalue weighted by atomic mass is 127. The summed E-state index contributed by atoms with van der Waals surface area (Å²) >= 11 is 8.51. The lowest BCUT2D eigenvalue weighted by Crippen LogP contribution is -2.17. The van der Waals surface area contributed by atoms with Gasteiger partial charge < -0.3 is 4.42 Å². The Morgan fingerprint density at radius 2 is 1.86 bits per heavy atom. The molecule has 0 aliphatic heterocycles. The molecule has 0 bridgehead atoms. The summed E-state index contributed by atoms with van der Waals surface area (Å²) in [5.41, 5.74) is 2.54. The van der Waals surface area contributed by atoms with Crippen molar-refractivity contribution in [2.75, 3.05) is 0 Å². The third-order valence-corrected chi connectivity index (χ3v) is 4.86. The van der Waals surface area contributed by atoms with Crippen molar-refractivity contribution in [3.63, 3.8) is 0 Å². The van der Waals surface area contributed by atoms with E-state index in [1.165, 1.54) is 0 Å². The minimum Gasteiger partial charge on any atom is -0.464 e. The van der Waals surface area contributed by atoms with Gasteiger partial charge >= 0.3 is 0 Å². The van der Waals surface area contributed by atoms with Crippen LogP contribution in [0.5, 0.6) is 0 Å². The first-order valence-corrected chi connectivity index (χ1v) is 8.03. The van der Waals surface area contributed by atoms with Crippen LogP contribution in [0.4, 0.5) is 0 Å². The number of hydrogen-bond donors (Lipinski definition) is 0. The quantitative estimate of drug-likeness (QED) is 0.394. The van der Waals surface area contributed by atoms with Gasteiger partial charge in [0.05, 0.1) is 14.8 Å². The molecule has 21 heavy (non-hydrogen) atoms. The fraction of sp³-hybridized carbons (Fsp3) is 0.250. The molecule has 2 heterocycles. The number of rotatable bonds is 1. The number of furan rings is 1. The van der Waals surface area contributed by atoms with Gasteiger partial charge in [0.1, 0.15) is 17.0 Å². The van der Waals surface area contributed by atoms with E-state index in [1.54, 1.807) is 6.26 Å². The predicted molar refractivity (Wildman–Crippen MR) is 93.7 cm³/mol. The van der Waals surface area contributed by atoms with E-state index in [-0.39, 0.29) is 5.41 Å². The van der Waals surface area contributed by atoms with Crippen LogP contribution >= 0.6 is 34.2 Å². The fourth-order valence-electron chi connectivity index (χ4n) is 2.19. The summed E-state index contributed by atoms with van der Waals surface area (Å²) in [6, 6.07) is 7.84. The van der Waals surface area contributed by atoms with Crippen molar-refractivity contribution in [3.8, 4) is 11.4 Å². The summed E-state index contributed by atoms with van der Waals surface area (Å²) in [6.07, 6.45) is 1.69. The van der Waals surface area contributed by atoms with Crippen LogP contribution in [-0.4, -0.2) is 9.97 Å². The maximum Gasteiger partial charge on any atom is 0.165 e. The molecular weight excluding hydrogens is 399 g/mol. The number of halogens is 2. The van der Waals surface area contributed by atoms with Crippen molar-refractivity contribution in [2.45, 2.75) is 26.2 Å². The van der Waals surface area contributed by atoms with E-state index < -0.39 is 0 Å². The lowest BCUT2D eigenvalue weighted by atomic mass is 9.92. The third-order valence-electron chi connectivity index (χ3n) is 3.24.